The molecular formula is C19H20ClNO5. The highest BCUT2D eigenvalue weighted by Gasteiger charge is 2.14. The number of anilines is 1. The summed E-state index contributed by atoms with van der Waals surface area (Å²) in [6.07, 6.45) is 0.506. The number of halogens is 1. The monoisotopic (exact) mass is 377 g/mol. The number of ether oxygens (including phenoxy) is 2. The Labute approximate surface area is 156 Å². The molecule has 0 aromatic heterocycles. The average molecular weight is 378 g/mol. The number of rotatable bonds is 9. The van der Waals surface area contributed by atoms with Crippen LogP contribution in [0, 0.1) is 0 Å². The largest absolute Gasteiger partial charge is 0.490 e. The Morgan fingerprint density at radius 3 is 2.50 bits per heavy atom. The van der Waals surface area contributed by atoms with Crippen LogP contribution in [0.4, 0.5) is 5.69 Å². The highest BCUT2D eigenvalue weighted by molar-refractivity contribution is 6.31. The molecular weight excluding hydrogens is 358 g/mol. The zero-order chi connectivity index (χ0) is 18.9. The predicted octanol–water partition coefficient (Wildman–Crippen LogP) is 3.63. The summed E-state index contributed by atoms with van der Waals surface area (Å²) < 4.78 is 10.5. The maximum atomic E-state index is 12.6. The predicted molar refractivity (Wildman–Crippen MR) is 99.2 cm³/mol. The lowest BCUT2D eigenvalue weighted by Crippen LogP contribution is -2.15. The van der Waals surface area contributed by atoms with Gasteiger partial charge in [-0.2, -0.15) is 0 Å². The number of carbonyl (C=O) groups is 2. The lowest BCUT2D eigenvalue weighted by molar-refractivity contribution is -0.136. The van der Waals surface area contributed by atoms with Crippen LogP contribution < -0.4 is 10.1 Å². The van der Waals surface area contributed by atoms with E-state index in [9.17, 15) is 9.59 Å². The van der Waals surface area contributed by atoms with Crippen molar-refractivity contribution in [2.24, 2.45) is 0 Å². The smallest absolute Gasteiger partial charge is 0.303 e. The molecule has 0 spiro atoms. The Morgan fingerprint density at radius 1 is 1.12 bits per heavy atom. The molecule has 0 heterocycles. The molecule has 6 nitrogen and oxygen atoms in total. The molecule has 0 bridgehead atoms. The van der Waals surface area contributed by atoms with E-state index in [-0.39, 0.29) is 12.3 Å². The summed E-state index contributed by atoms with van der Waals surface area (Å²) in [5.74, 6) is -0.774. The van der Waals surface area contributed by atoms with Crippen molar-refractivity contribution in [2.75, 3.05) is 25.6 Å². The fourth-order valence-electron chi connectivity index (χ4n) is 2.24. The molecule has 2 N–H and O–H groups in total. The van der Waals surface area contributed by atoms with Crippen molar-refractivity contribution in [1.82, 2.24) is 0 Å². The molecule has 0 atom stereocenters. The number of benzene rings is 2. The van der Waals surface area contributed by atoms with Gasteiger partial charge in [0.15, 0.2) is 0 Å². The quantitative estimate of drug-likeness (QED) is 0.652. The maximum Gasteiger partial charge on any atom is 0.303 e. The lowest BCUT2D eigenvalue weighted by Gasteiger charge is -2.12. The van der Waals surface area contributed by atoms with E-state index in [1.807, 2.05) is 0 Å². The number of nitrogens with one attached hydrogen (secondary N) is 1. The number of carboxylic acids is 1. The summed E-state index contributed by atoms with van der Waals surface area (Å²) in [6, 6.07) is 11.9. The van der Waals surface area contributed by atoms with Crippen LogP contribution in [0.25, 0.3) is 0 Å². The molecule has 1 amide bonds. The molecule has 7 heteroatoms. The van der Waals surface area contributed by atoms with Crippen LogP contribution in [-0.4, -0.2) is 37.3 Å². The van der Waals surface area contributed by atoms with E-state index < -0.39 is 5.97 Å². The summed E-state index contributed by atoms with van der Waals surface area (Å²) in [5, 5.41) is 11.9. The van der Waals surface area contributed by atoms with Gasteiger partial charge in [0.1, 0.15) is 12.4 Å². The first-order valence-electron chi connectivity index (χ1n) is 8.03. The van der Waals surface area contributed by atoms with Gasteiger partial charge in [0, 0.05) is 24.2 Å². The number of amides is 1. The molecule has 0 radical (unpaired) electrons. The highest BCUT2D eigenvalue weighted by atomic mass is 35.5. The van der Waals surface area contributed by atoms with Crippen molar-refractivity contribution in [3.8, 4) is 5.75 Å². The van der Waals surface area contributed by atoms with Crippen molar-refractivity contribution in [1.29, 1.82) is 0 Å². The molecule has 0 unspecified atom stereocenters. The number of methoxy groups -OCH3 is 1. The molecule has 2 aromatic carbocycles. The topological polar surface area (TPSA) is 84.9 Å². The first-order chi connectivity index (χ1) is 12.5. The Kier molecular flexibility index (Phi) is 7.44. The number of carbonyl (C=O) groups excluding carboxylic acids is 1. The summed E-state index contributed by atoms with van der Waals surface area (Å²) >= 11 is 6.00. The lowest BCUT2D eigenvalue weighted by atomic mass is 10.1. The normalized spacial score (nSPS) is 10.4. The molecule has 0 saturated carbocycles. The van der Waals surface area contributed by atoms with Gasteiger partial charge >= 0.3 is 5.97 Å². The molecule has 0 fully saturated rings. The first-order valence-corrected chi connectivity index (χ1v) is 8.41. The molecule has 0 aliphatic rings. The third-order valence-corrected chi connectivity index (χ3v) is 3.81. The Balaban J connectivity index is 2.06. The van der Waals surface area contributed by atoms with Crippen LogP contribution in [0.1, 0.15) is 22.3 Å². The van der Waals surface area contributed by atoms with Crippen molar-refractivity contribution in [2.45, 2.75) is 12.8 Å². The Morgan fingerprint density at radius 2 is 1.85 bits per heavy atom. The Bertz CT molecular complexity index is 761. The summed E-state index contributed by atoms with van der Waals surface area (Å²) in [4.78, 5) is 23.2. The van der Waals surface area contributed by atoms with Gasteiger partial charge in [-0.05, 0) is 42.3 Å². The third kappa shape index (κ3) is 6.06. The van der Waals surface area contributed by atoms with Gasteiger partial charge in [-0.1, -0.05) is 23.7 Å². The fraction of sp³-hybridized carbons (Fsp3) is 0.263. The minimum atomic E-state index is -0.843. The molecule has 2 rings (SSSR count). The molecule has 2 aromatic rings. The van der Waals surface area contributed by atoms with Crippen molar-refractivity contribution in [3.63, 3.8) is 0 Å². The standard InChI is InChI=1S/C19H20ClNO5/c1-25-10-11-26-17-8-5-14(20)12-16(17)19(24)21-15-6-2-13(3-7-15)4-9-18(22)23/h2-3,5-8,12H,4,9-11H2,1H3,(H,21,24)(H,22,23). The second-order valence-corrected chi connectivity index (χ2v) is 5.96. The van der Waals surface area contributed by atoms with Crippen LogP contribution >= 0.6 is 11.6 Å². The Hall–Kier alpha value is -2.57. The molecule has 0 aliphatic heterocycles. The van der Waals surface area contributed by atoms with Crippen molar-refractivity contribution in [3.05, 3.63) is 58.6 Å². The van der Waals surface area contributed by atoms with E-state index in [0.717, 1.165) is 5.56 Å². The van der Waals surface area contributed by atoms with Gasteiger partial charge in [0.05, 0.1) is 12.2 Å². The van der Waals surface area contributed by atoms with Crippen LogP contribution in [0.15, 0.2) is 42.5 Å². The molecule has 138 valence electrons. The number of hydrogen-bond acceptors (Lipinski definition) is 4. The van der Waals surface area contributed by atoms with Gasteiger partial charge in [-0.3, -0.25) is 9.59 Å². The number of aliphatic carboxylic acids is 1. The fourth-order valence-corrected chi connectivity index (χ4v) is 2.42. The van der Waals surface area contributed by atoms with Crippen molar-refractivity contribution >= 4 is 29.2 Å². The first kappa shape index (κ1) is 19.8. The highest BCUT2D eigenvalue weighted by Crippen LogP contribution is 2.24. The molecule has 26 heavy (non-hydrogen) atoms. The van der Waals surface area contributed by atoms with Crippen LogP contribution in [-0.2, 0) is 16.0 Å². The van der Waals surface area contributed by atoms with E-state index in [1.54, 1.807) is 49.6 Å². The van der Waals surface area contributed by atoms with Gasteiger partial charge < -0.3 is 19.9 Å². The minimum absolute atomic E-state index is 0.0659. The molecule has 0 saturated heterocycles. The van der Waals surface area contributed by atoms with Crippen LogP contribution in [0.3, 0.4) is 0 Å². The number of hydrogen-bond donors (Lipinski definition) is 2. The zero-order valence-electron chi connectivity index (χ0n) is 14.3. The number of aryl methyl sites for hydroxylation is 1. The van der Waals surface area contributed by atoms with Gasteiger partial charge in [0.2, 0.25) is 0 Å². The van der Waals surface area contributed by atoms with E-state index in [0.29, 0.717) is 41.7 Å². The van der Waals surface area contributed by atoms with Crippen molar-refractivity contribution < 1.29 is 24.2 Å². The maximum absolute atomic E-state index is 12.6. The number of carboxylic acid groups (broad SMARTS) is 1. The van der Waals surface area contributed by atoms with E-state index >= 15 is 0 Å². The van der Waals surface area contributed by atoms with Gasteiger partial charge in [-0.15, -0.1) is 0 Å². The van der Waals surface area contributed by atoms with Gasteiger partial charge in [-0.25, -0.2) is 0 Å². The summed E-state index contributed by atoms with van der Waals surface area (Å²) in [6.45, 7) is 0.720. The summed E-state index contributed by atoms with van der Waals surface area (Å²) in [7, 11) is 1.57. The van der Waals surface area contributed by atoms with E-state index in [4.69, 9.17) is 26.2 Å². The third-order valence-electron chi connectivity index (χ3n) is 3.57. The van der Waals surface area contributed by atoms with Crippen LogP contribution in [0.5, 0.6) is 5.75 Å². The summed E-state index contributed by atoms with van der Waals surface area (Å²) in [5.41, 5.74) is 1.80. The second kappa shape index (κ2) is 9.79. The minimum Gasteiger partial charge on any atom is -0.490 e. The van der Waals surface area contributed by atoms with E-state index in [2.05, 4.69) is 5.32 Å². The van der Waals surface area contributed by atoms with Gasteiger partial charge in [0.25, 0.3) is 5.91 Å². The van der Waals surface area contributed by atoms with E-state index in [1.165, 1.54) is 0 Å². The van der Waals surface area contributed by atoms with Crippen LogP contribution in [0.2, 0.25) is 5.02 Å². The average Bonchev–Trinajstić information content (AvgIpc) is 2.62. The second-order valence-electron chi connectivity index (χ2n) is 5.53. The zero-order valence-corrected chi connectivity index (χ0v) is 15.1. The molecule has 0 aliphatic carbocycles. The SMILES string of the molecule is COCCOc1ccc(Cl)cc1C(=O)Nc1ccc(CCC(=O)O)cc1.